The maximum atomic E-state index is 12.6. The fourth-order valence-electron chi connectivity index (χ4n) is 3.91. The van der Waals surface area contributed by atoms with Crippen LogP contribution in [-0.4, -0.2) is 46.7 Å². The first-order valence-electron chi connectivity index (χ1n) is 9.28. The molecule has 0 radical (unpaired) electrons. The minimum atomic E-state index is -0.00899. The van der Waals surface area contributed by atoms with Crippen molar-refractivity contribution in [3.63, 3.8) is 0 Å². The van der Waals surface area contributed by atoms with Gasteiger partial charge >= 0.3 is 0 Å². The van der Waals surface area contributed by atoms with Crippen LogP contribution in [0.4, 0.5) is 5.95 Å². The van der Waals surface area contributed by atoms with Crippen molar-refractivity contribution in [3.05, 3.63) is 45.3 Å². The molecule has 1 fully saturated rings. The lowest BCUT2D eigenvalue weighted by Crippen LogP contribution is -2.47. The number of hydrogen-bond donors (Lipinski definition) is 1. The number of aromatic nitrogens is 2. The van der Waals surface area contributed by atoms with E-state index in [2.05, 4.69) is 14.8 Å². The molecular weight excluding hydrogens is 332 g/mol. The molecule has 2 aliphatic heterocycles. The molecule has 2 aliphatic rings. The van der Waals surface area contributed by atoms with E-state index >= 15 is 0 Å². The molecule has 0 aromatic carbocycles. The zero-order valence-electron chi connectivity index (χ0n) is 15.6. The van der Waals surface area contributed by atoms with Gasteiger partial charge in [-0.05, 0) is 39.3 Å². The number of nitrogens with one attached hydrogen (secondary N) is 1. The first-order valence-corrected chi connectivity index (χ1v) is 9.28. The lowest BCUT2D eigenvalue weighted by molar-refractivity contribution is -0.00576. The minimum absolute atomic E-state index is 0.00899. The predicted molar refractivity (Wildman–Crippen MR) is 98.3 cm³/mol. The monoisotopic (exact) mass is 358 g/mol. The molecular formula is C19H26N4O3. The molecule has 26 heavy (non-hydrogen) atoms. The third-order valence-electron chi connectivity index (χ3n) is 5.03. The van der Waals surface area contributed by atoms with Crippen LogP contribution in [0, 0.1) is 6.92 Å². The molecule has 2 aromatic rings. The smallest absolute Gasteiger partial charge is 0.255 e. The summed E-state index contributed by atoms with van der Waals surface area (Å²) in [6.45, 7) is 9.76. The number of hydrogen-bond acceptors (Lipinski definition) is 6. The Kier molecular flexibility index (Phi) is 4.58. The topological polar surface area (TPSA) is 74.6 Å². The summed E-state index contributed by atoms with van der Waals surface area (Å²) in [4.78, 5) is 24.8. The Labute approximate surface area is 153 Å². The summed E-state index contributed by atoms with van der Waals surface area (Å²) < 4.78 is 11.5. The molecule has 0 amide bonds. The van der Waals surface area contributed by atoms with E-state index in [-0.39, 0.29) is 17.8 Å². The predicted octanol–water partition coefficient (Wildman–Crippen LogP) is 1.84. The van der Waals surface area contributed by atoms with Gasteiger partial charge in [0.15, 0.2) is 0 Å². The van der Waals surface area contributed by atoms with Crippen LogP contribution in [0.3, 0.4) is 0 Å². The molecule has 4 heterocycles. The lowest BCUT2D eigenvalue weighted by Gasteiger charge is -2.36. The van der Waals surface area contributed by atoms with Crippen LogP contribution in [-0.2, 0) is 24.2 Å². The van der Waals surface area contributed by atoms with E-state index in [1.54, 1.807) is 0 Å². The second kappa shape index (κ2) is 6.89. The van der Waals surface area contributed by atoms with E-state index in [4.69, 9.17) is 14.1 Å². The first-order chi connectivity index (χ1) is 12.5. The van der Waals surface area contributed by atoms with Crippen molar-refractivity contribution in [2.45, 2.75) is 52.5 Å². The van der Waals surface area contributed by atoms with Crippen LogP contribution in [0.15, 0.2) is 21.3 Å². The number of fused-ring (bicyclic) bond motifs is 1. The van der Waals surface area contributed by atoms with Crippen molar-refractivity contribution in [2.75, 3.05) is 24.5 Å². The molecule has 4 rings (SSSR count). The molecule has 7 heteroatoms. The fraction of sp³-hybridized carbons (Fsp3) is 0.579. The molecule has 0 bridgehead atoms. The quantitative estimate of drug-likeness (QED) is 0.902. The number of nitrogens with zero attached hydrogens (tertiary/aromatic N) is 3. The van der Waals surface area contributed by atoms with E-state index in [9.17, 15) is 4.79 Å². The average molecular weight is 358 g/mol. The van der Waals surface area contributed by atoms with Crippen LogP contribution >= 0.6 is 0 Å². The Bertz CT molecular complexity index is 834. The van der Waals surface area contributed by atoms with Crippen molar-refractivity contribution in [1.29, 1.82) is 0 Å². The summed E-state index contributed by atoms with van der Waals surface area (Å²) in [5, 5.41) is 0. The number of H-pyrrole nitrogens is 1. The largest absolute Gasteiger partial charge is 0.465 e. The van der Waals surface area contributed by atoms with Crippen LogP contribution < -0.4 is 10.5 Å². The average Bonchev–Trinajstić information content (AvgIpc) is 2.98. The van der Waals surface area contributed by atoms with Gasteiger partial charge in [0.25, 0.3) is 5.56 Å². The highest BCUT2D eigenvalue weighted by Gasteiger charge is 2.27. The zero-order valence-corrected chi connectivity index (χ0v) is 15.6. The Morgan fingerprint density at radius 3 is 2.73 bits per heavy atom. The van der Waals surface area contributed by atoms with Gasteiger partial charge in [0.1, 0.15) is 11.5 Å². The van der Waals surface area contributed by atoms with Gasteiger partial charge in [0.2, 0.25) is 5.95 Å². The normalized spacial score (nSPS) is 23.9. The lowest BCUT2D eigenvalue weighted by atomic mass is 10.1. The van der Waals surface area contributed by atoms with Crippen molar-refractivity contribution in [3.8, 4) is 0 Å². The number of aromatic amines is 1. The van der Waals surface area contributed by atoms with Crippen LogP contribution in [0.5, 0.6) is 0 Å². The summed E-state index contributed by atoms with van der Waals surface area (Å²) in [6, 6.07) is 3.99. The number of furan rings is 1. The van der Waals surface area contributed by atoms with Gasteiger partial charge < -0.3 is 14.1 Å². The van der Waals surface area contributed by atoms with E-state index in [0.29, 0.717) is 18.9 Å². The Balaban J connectivity index is 1.55. The second-order valence-corrected chi connectivity index (χ2v) is 7.45. The van der Waals surface area contributed by atoms with Crippen LogP contribution in [0.2, 0.25) is 0 Å². The summed E-state index contributed by atoms with van der Waals surface area (Å²) in [7, 11) is 0. The molecule has 0 aliphatic carbocycles. The van der Waals surface area contributed by atoms with Crippen molar-refractivity contribution in [1.82, 2.24) is 14.9 Å². The summed E-state index contributed by atoms with van der Waals surface area (Å²) in [5.41, 5.74) is 1.69. The molecule has 0 spiro atoms. The Morgan fingerprint density at radius 2 is 2.04 bits per heavy atom. The maximum Gasteiger partial charge on any atom is 0.255 e. The molecule has 140 valence electrons. The second-order valence-electron chi connectivity index (χ2n) is 7.45. The number of ether oxygens (including phenoxy) is 1. The number of rotatable bonds is 3. The Morgan fingerprint density at radius 1 is 1.27 bits per heavy atom. The third kappa shape index (κ3) is 3.54. The van der Waals surface area contributed by atoms with E-state index in [1.807, 2.05) is 32.9 Å². The van der Waals surface area contributed by atoms with Crippen molar-refractivity contribution < 1.29 is 9.15 Å². The summed E-state index contributed by atoms with van der Waals surface area (Å²) in [6.07, 6.45) is 0.964. The number of morpholine rings is 1. The van der Waals surface area contributed by atoms with Crippen molar-refractivity contribution >= 4 is 5.95 Å². The van der Waals surface area contributed by atoms with Gasteiger partial charge in [-0.1, -0.05) is 0 Å². The fourth-order valence-corrected chi connectivity index (χ4v) is 3.91. The molecule has 0 saturated carbocycles. The van der Waals surface area contributed by atoms with E-state index < -0.39 is 0 Å². The zero-order chi connectivity index (χ0) is 18.3. The summed E-state index contributed by atoms with van der Waals surface area (Å²) in [5.74, 6) is 2.53. The van der Waals surface area contributed by atoms with Gasteiger partial charge in [0.05, 0.1) is 24.4 Å². The van der Waals surface area contributed by atoms with Gasteiger partial charge in [-0.3, -0.25) is 14.7 Å². The van der Waals surface area contributed by atoms with Crippen LogP contribution in [0.1, 0.15) is 36.6 Å². The SMILES string of the molecule is Cc1ccc(CN2CCc3c(nc(N4C[C@@H](C)O[C@H](C)C4)[nH]c3=O)C2)o1. The van der Waals surface area contributed by atoms with Crippen molar-refractivity contribution in [2.24, 2.45) is 0 Å². The van der Waals surface area contributed by atoms with E-state index in [0.717, 1.165) is 49.0 Å². The number of aryl methyl sites for hydroxylation is 1. The first kappa shape index (κ1) is 17.3. The standard InChI is InChI=1S/C19H26N4O3/c1-12-4-5-15(26-12)10-22-7-6-16-17(11-22)20-19(21-18(16)24)23-8-13(2)25-14(3)9-23/h4-5,13-14H,6-11H2,1-3H3,(H,20,21,24)/t13-,14-/m1/s1. The highest BCUT2D eigenvalue weighted by molar-refractivity contribution is 5.35. The van der Waals surface area contributed by atoms with Gasteiger partial charge in [-0.2, -0.15) is 0 Å². The minimum Gasteiger partial charge on any atom is -0.465 e. The molecule has 1 N–H and O–H groups in total. The molecule has 2 atom stereocenters. The van der Waals surface area contributed by atoms with Gasteiger partial charge in [0, 0.05) is 31.7 Å². The highest BCUT2D eigenvalue weighted by Crippen LogP contribution is 2.21. The number of anilines is 1. The van der Waals surface area contributed by atoms with Crippen LogP contribution in [0.25, 0.3) is 0 Å². The molecule has 1 saturated heterocycles. The summed E-state index contributed by atoms with van der Waals surface area (Å²) >= 11 is 0. The third-order valence-corrected chi connectivity index (χ3v) is 5.03. The molecule has 2 aromatic heterocycles. The van der Waals surface area contributed by atoms with Gasteiger partial charge in [-0.25, -0.2) is 4.98 Å². The Hall–Kier alpha value is -2.12. The van der Waals surface area contributed by atoms with Gasteiger partial charge in [-0.15, -0.1) is 0 Å². The molecule has 7 nitrogen and oxygen atoms in total. The maximum absolute atomic E-state index is 12.6. The highest BCUT2D eigenvalue weighted by atomic mass is 16.5. The molecule has 0 unspecified atom stereocenters. The van der Waals surface area contributed by atoms with E-state index in [1.165, 1.54) is 0 Å².